The first-order chi connectivity index (χ1) is 33.6. The molecule has 6 heteroatoms. The summed E-state index contributed by atoms with van der Waals surface area (Å²) in [7, 11) is 0. The fourth-order valence-corrected chi connectivity index (χ4v) is 9.98. The fraction of sp³-hybridized carbons (Fsp3) is 0.273. The number of rotatable bonds is 9. The van der Waals surface area contributed by atoms with Crippen molar-refractivity contribution in [1.29, 1.82) is 0 Å². The molecule has 72 heavy (non-hydrogen) atoms. The zero-order valence-electron chi connectivity index (χ0n) is 44.2. The molecule has 0 N–H and O–H groups in total. The van der Waals surface area contributed by atoms with Crippen molar-refractivity contribution in [3.63, 3.8) is 0 Å². The topological polar surface area (TPSA) is 33.5 Å². The fourth-order valence-electron chi connectivity index (χ4n) is 9.98. The summed E-state index contributed by atoms with van der Waals surface area (Å²) in [4.78, 5) is 9.64. The van der Waals surface area contributed by atoms with Crippen LogP contribution >= 0.6 is 0 Å². The van der Waals surface area contributed by atoms with Crippen molar-refractivity contribution in [2.75, 3.05) is 9.80 Å². The second-order valence-corrected chi connectivity index (χ2v) is 23.6. The van der Waals surface area contributed by atoms with Gasteiger partial charge in [0.2, 0.25) is 0 Å². The number of anilines is 4. The van der Waals surface area contributed by atoms with E-state index < -0.39 is 0 Å². The van der Waals surface area contributed by atoms with Gasteiger partial charge in [0, 0.05) is 66.8 Å². The van der Waals surface area contributed by atoms with Crippen LogP contribution in [0.1, 0.15) is 129 Å². The Bertz CT molecular complexity index is 3410. The molecule has 1 aliphatic rings. The summed E-state index contributed by atoms with van der Waals surface area (Å²) in [6.07, 6.45) is 1.93. The quantitative estimate of drug-likeness (QED) is 0.135. The van der Waals surface area contributed by atoms with Gasteiger partial charge in [0.05, 0.1) is 0 Å². The Balaban J connectivity index is 0.00000640. The van der Waals surface area contributed by atoms with Crippen molar-refractivity contribution in [2.24, 2.45) is 0 Å². The van der Waals surface area contributed by atoms with E-state index >= 15 is 0 Å². The van der Waals surface area contributed by atoms with Crippen molar-refractivity contribution in [1.82, 2.24) is 9.55 Å². The first kappa shape index (κ1) is 50.5. The van der Waals surface area contributed by atoms with Crippen molar-refractivity contribution < 1.29 is 25.8 Å². The van der Waals surface area contributed by atoms with Crippen LogP contribution in [-0.2, 0) is 48.1 Å². The average Bonchev–Trinajstić information content (AvgIpc) is 3.89. The Labute approximate surface area is 443 Å². The number of aromatic nitrogens is 2. The molecule has 5 nitrogen and oxygen atoms in total. The van der Waals surface area contributed by atoms with Crippen LogP contribution < -0.4 is 14.5 Å². The predicted octanol–water partition coefficient (Wildman–Crippen LogP) is 17.5. The van der Waals surface area contributed by atoms with Crippen molar-refractivity contribution >= 4 is 44.6 Å². The number of ether oxygens (including phenoxy) is 1. The van der Waals surface area contributed by atoms with Crippen LogP contribution in [0.5, 0.6) is 11.5 Å². The van der Waals surface area contributed by atoms with Gasteiger partial charge in [-0.2, -0.15) is 6.07 Å². The van der Waals surface area contributed by atoms with Crippen LogP contribution in [0, 0.1) is 18.8 Å². The van der Waals surface area contributed by atoms with Gasteiger partial charge < -0.3 is 19.1 Å². The molecule has 0 radical (unpaired) electrons. The third-order valence-electron chi connectivity index (χ3n) is 14.8. The number of nitrogens with zero attached hydrogens (tertiary/aromatic N) is 4. The van der Waals surface area contributed by atoms with Gasteiger partial charge in [0.1, 0.15) is 5.82 Å². The summed E-state index contributed by atoms with van der Waals surface area (Å²) in [5.74, 6) is 2.04. The summed E-state index contributed by atoms with van der Waals surface area (Å²) in [5, 5.41) is 2.21. The van der Waals surface area contributed by atoms with Gasteiger partial charge in [-0.1, -0.05) is 187 Å². The first-order valence-electron chi connectivity index (χ1n) is 25.1. The molecule has 0 spiro atoms. The molecule has 0 unspecified atom stereocenters. The molecule has 0 saturated carbocycles. The van der Waals surface area contributed by atoms with E-state index in [0.29, 0.717) is 11.5 Å². The van der Waals surface area contributed by atoms with Crippen molar-refractivity contribution in [3.8, 4) is 17.3 Å². The van der Waals surface area contributed by atoms with E-state index in [1.54, 1.807) is 0 Å². The molecule has 9 aromatic rings. The molecular formula is C66H67N4OPt-3. The summed E-state index contributed by atoms with van der Waals surface area (Å²) in [5.41, 5.74) is 14.0. The maximum Gasteiger partial charge on any atom is 0.135 e. The summed E-state index contributed by atoms with van der Waals surface area (Å²) < 4.78 is 9.34. The molecule has 370 valence electrons. The minimum absolute atomic E-state index is 0. The molecular weight excluding hydrogens is 1060 g/mol. The van der Waals surface area contributed by atoms with E-state index in [1.165, 1.54) is 33.4 Å². The molecule has 0 fully saturated rings. The molecule has 0 bridgehead atoms. The maximum absolute atomic E-state index is 7.07. The Hall–Kier alpha value is -6.42. The third kappa shape index (κ3) is 9.42. The first-order valence-corrected chi connectivity index (χ1v) is 25.1. The van der Waals surface area contributed by atoms with Crippen LogP contribution in [0.2, 0.25) is 0 Å². The molecule has 7 aromatic carbocycles. The van der Waals surface area contributed by atoms with E-state index in [9.17, 15) is 0 Å². The van der Waals surface area contributed by atoms with E-state index in [2.05, 4.69) is 275 Å². The largest absolute Gasteiger partial charge is 0.509 e. The smallest absolute Gasteiger partial charge is 0.135 e. The molecule has 0 saturated heterocycles. The summed E-state index contributed by atoms with van der Waals surface area (Å²) >= 11 is 0. The second kappa shape index (κ2) is 18.6. The Morgan fingerprint density at radius 1 is 0.444 bits per heavy atom. The van der Waals surface area contributed by atoms with Gasteiger partial charge in [0.15, 0.2) is 0 Å². The normalized spacial score (nSPS) is 13.4. The zero-order chi connectivity index (χ0) is 50.3. The minimum Gasteiger partial charge on any atom is -0.509 e. The SMILES string of the molecule is CC(C)(C)c1cc(N2[CH-]N(c3[c-]c(Oc4[c-]c5c(cc4)c4ccc(C(C)(C)c6ccccc6)cc4n5-c4cc(C(C)(C)C)ccn4)cc(C(C)(C)c4ccccc4)c3)c3ccccc32)cc(C(C)(C)C)c1.[Pt]. The van der Waals surface area contributed by atoms with Gasteiger partial charge in [0.25, 0.3) is 0 Å². The Morgan fingerprint density at radius 3 is 1.60 bits per heavy atom. The number of hydrogen-bond acceptors (Lipinski definition) is 4. The van der Waals surface area contributed by atoms with Crippen LogP contribution in [0.15, 0.2) is 164 Å². The number of benzene rings is 7. The molecule has 3 heterocycles. The number of para-hydroxylation sites is 2. The monoisotopic (exact) mass is 1130 g/mol. The molecule has 1 aliphatic heterocycles. The molecule has 0 aliphatic carbocycles. The van der Waals surface area contributed by atoms with Crippen molar-refractivity contribution in [3.05, 3.63) is 222 Å². The van der Waals surface area contributed by atoms with E-state index in [-0.39, 0.29) is 48.1 Å². The van der Waals surface area contributed by atoms with Crippen LogP contribution in [-0.4, -0.2) is 9.55 Å². The van der Waals surface area contributed by atoms with Gasteiger partial charge in [-0.25, -0.2) is 4.98 Å². The Morgan fingerprint density at radius 2 is 1.00 bits per heavy atom. The summed E-state index contributed by atoms with van der Waals surface area (Å²) in [6.45, 7) is 31.9. The summed E-state index contributed by atoms with van der Waals surface area (Å²) in [6, 6.07) is 64.7. The standard InChI is InChI=1S/C66H67N4O.Pt/c1-62(2,3)46-32-33-67-61(40-46)70-59-39-47(65(10,11)44-22-16-14-17-23-44)28-30-55(59)56-31-29-53(42-60(56)70)71-54-38-50(66(12,13)45-24-18-15-19-25-45)37-52(41-54)69-43-68(57-26-20-21-27-58(57)69)51-35-48(63(4,5)6)34-49(36-51)64(7,8)9;/h14-40,43H,1-13H3;/q-3;. The van der Waals surface area contributed by atoms with E-state index in [0.717, 1.165) is 55.9 Å². The Kier molecular flexibility index (Phi) is 13.0. The van der Waals surface area contributed by atoms with Gasteiger partial charge in [-0.3, -0.25) is 0 Å². The maximum atomic E-state index is 7.07. The van der Waals surface area contributed by atoms with Crippen LogP contribution in [0.25, 0.3) is 27.6 Å². The second-order valence-electron chi connectivity index (χ2n) is 23.6. The molecule has 2 aromatic heterocycles. The van der Waals surface area contributed by atoms with Crippen molar-refractivity contribution in [2.45, 2.75) is 117 Å². The van der Waals surface area contributed by atoms with E-state index in [1.807, 2.05) is 12.3 Å². The van der Waals surface area contributed by atoms with Crippen LogP contribution in [0.3, 0.4) is 0 Å². The average molecular weight is 1130 g/mol. The van der Waals surface area contributed by atoms with Crippen LogP contribution in [0.4, 0.5) is 22.7 Å². The molecule has 0 amide bonds. The van der Waals surface area contributed by atoms with Gasteiger partial charge in [-0.05, 0) is 103 Å². The minimum atomic E-state index is -0.375. The zero-order valence-corrected chi connectivity index (χ0v) is 46.5. The van der Waals surface area contributed by atoms with Gasteiger partial charge in [-0.15, -0.1) is 53.6 Å². The number of hydrogen-bond donors (Lipinski definition) is 0. The number of pyridine rings is 1. The van der Waals surface area contributed by atoms with E-state index in [4.69, 9.17) is 9.72 Å². The number of fused-ring (bicyclic) bond motifs is 4. The third-order valence-corrected chi connectivity index (χ3v) is 14.8. The molecule has 0 atom stereocenters. The predicted molar refractivity (Wildman–Crippen MR) is 297 cm³/mol. The molecule has 10 rings (SSSR count). The van der Waals surface area contributed by atoms with Gasteiger partial charge >= 0.3 is 0 Å².